The molecule has 5 nitrogen and oxygen atoms in total. The number of rotatable bonds is 8. The van der Waals surface area contributed by atoms with Crippen molar-refractivity contribution in [1.29, 1.82) is 0 Å². The van der Waals surface area contributed by atoms with Gasteiger partial charge in [-0.1, -0.05) is 29.8 Å². The highest BCUT2D eigenvalue weighted by Gasteiger charge is 2.30. The average Bonchev–Trinajstić information content (AvgIpc) is 2.79. The first-order valence-electron chi connectivity index (χ1n) is 10.0. The van der Waals surface area contributed by atoms with Crippen LogP contribution in [0.3, 0.4) is 0 Å². The molecule has 0 radical (unpaired) electrons. The molecule has 3 rings (SSSR count). The number of halogens is 5. The molecular weight excluding hydrogens is 476 g/mol. The van der Waals surface area contributed by atoms with Crippen molar-refractivity contribution in [1.82, 2.24) is 5.43 Å². The molecule has 10 heteroatoms. The van der Waals surface area contributed by atoms with Gasteiger partial charge in [-0.25, -0.2) is 9.82 Å². The largest absolute Gasteiger partial charge is 0.490 e. The van der Waals surface area contributed by atoms with E-state index in [4.69, 9.17) is 21.1 Å². The van der Waals surface area contributed by atoms with Crippen LogP contribution in [0.2, 0.25) is 5.02 Å². The second kappa shape index (κ2) is 11.0. The zero-order chi connectivity index (χ0) is 24.7. The molecule has 0 aliphatic carbocycles. The Kier molecular flexibility index (Phi) is 8.12. The third-order valence-electron chi connectivity index (χ3n) is 4.46. The van der Waals surface area contributed by atoms with E-state index in [9.17, 15) is 22.4 Å². The lowest BCUT2D eigenvalue weighted by Gasteiger charge is -2.14. The Morgan fingerprint density at radius 2 is 1.82 bits per heavy atom. The molecule has 0 heterocycles. The van der Waals surface area contributed by atoms with Gasteiger partial charge in [0, 0.05) is 5.56 Å². The SMILES string of the molecule is CCOc1cc(/C=N\NC(=O)c2cccc(C(F)(F)F)c2)cc(Cl)c1OCc1ccc(F)cc1. The fraction of sp³-hybridized carbons (Fsp3) is 0.167. The number of carbonyl (C=O) groups is 1. The second-order valence-electron chi connectivity index (χ2n) is 6.96. The van der Waals surface area contributed by atoms with Gasteiger partial charge in [0.25, 0.3) is 5.91 Å². The summed E-state index contributed by atoms with van der Waals surface area (Å²) in [4.78, 5) is 12.2. The summed E-state index contributed by atoms with van der Waals surface area (Å²) in [5, 5.41) is 3.99. The Morgan fingerprint density at radius 3 is 2.50 bits per heavy atom. The van der Waals surface area contributed by atoms with Crippen molar-refractivity contribution in [2.75, 3.05) is 6.61 Å². The predicted molar refractivity (Wildman–Crippen MR) is 120 cm³/mol. The quantitative estimate of drug-likeness (QED) is 0.229. The lowest BCUT2D eigenvalue weighted by Crippen LogP contribution is -2.18. The number of benzene rings is 3. The summed E-state index contributed by atoms with van der Waals surface area (Å²) in [5.41, 5.74) is 2.23. The standard InChI is InChI=1S/C24H19ClF4N2O3/c1-2-33-21-11-16(10-20(25)22(21)34-14-15-6-8-19(26)9-7-15)13-30-31-23(32)17-4-3-5-18(12-17)24(27,28)29/h3-13H,2,14H2,1H3,(H,31,32)/b30-13-. The van der Waals surface area contributed by atoms with Crippen molar-refractivity contribution in [3.8, 4) is 11.5 Å². The van der Waals surface area contributed by atoms with Gasteiger partial charge in [-0.2, -0.15) is 18.3 Å². The zero-order valence-electron chi connectivity index (χ0n) is 17.8. The number of carbonyl (C=O) groups excluding carboxylic acids is 1. The summed E-state index contributed by atoms with van der Waals surface area (Å²) >= 11 is 6.34. The molecule has 0 atom stereocenters. The molecule has 34 heavy (non-hydrogen) atoms. The lowest BCUT2D eigenvalue weighted by molar-refractivity contribution is -0.137. The van der Waals surface area contributed by atoms with Crippen molar-refractivity contribution in [3.05, 3.63) is 93.8 Å². The molecule has 0 aromatic heterocycles. The van der Waals surface area contributed by atoms with Crippen LogP contribution in [0.1, 0.15) is 34.0 Å². The number of hydrazone groups is 1. The van der Waals surface area contributed by atoms with Gasteiger partial charge in [-0.05, 0) is 60.5 Å². The second-order valence-corrected chi connectivity index (χ2v) is 7.36. The highest BCUT2D eigenvalue weighted by Crippen LogP contribution is 2.37. The molecule has 0 bridgehead atoms. The van der Waals surface area contributed by atoms with Crippen molar-refractivity contribution in [2.24, 2.45) is 5.10 Å². The molecule has 3 aromatic carbocycles. The van der Waals surface area contributed by atoms with Crippen LogP contribution in [0, 0.1) is 5.82 Å². The van der Waals surface area contributed by atoms with Crippen molar-refractivity contribution in [2.45, 2.75) is 19.7 Å². The smallest absolute Gasteiger partial charge is 0.416 e. The molecule has 0 spiro atoms. The molecule has 0 fully saturated rings. The maximum absolute atomic E-state index is 13.1. The van der Waals surface area contributed by atoms with E-state index in [1.54, 1.807) is 25.1 Å². The topological polar surface area (TPSA) is 59.9 Å². The normalized spacial score (nSPS) is 11.5. The van der Waals surface area contributed by atoms with Crippen molar-refractivity contribution < 1.29 is 31.8 Å². The fourth-order valence-corrected chi connectivity index (χ4v) is 3.14. The van der Waals surface area contributed by atoms with E-state index in [-0.39, 0.29) is 28.8 Å². The first kappa shape index (κ1) is 25.0. The van der Waals surface area contributed by atoms with Crippen LogP contribution in [0.4, 0.5) is 17.6 Å². The molecule has 178 valence electrons. The van der Waals surface area contributed by atoms with E-state index >= 15 is 0 Å². The predicted octanol–water partition coefficient (Wildman–Crippen LogP) is 6.24. The first-order valence-corrected chi connectivity index (χ1v) is 10.4. The monoisotopic (exact) mass is 494 g/mol. The van der Waals surface area contributed by atoms with Crippen LogP contribution in [0.5, 0.6) is 11.5 Å². The Hall–Kier alpha value is -3.59. The summed E-state index contributed by atoms with van der Waals surface area (Å²) < 4.78 is 62.9. The van der Waals surface area contributed by atoms with E-state index in [2.05, 4.69) is 10.5 Å². The van der Waals surface area contributed by atoms with Gasteiger partial charge in [-0.15, -0.1) is 0 Å². The highest BCUT2D eigenvalue weighted by molar-refractivity contribution is 6.32. The number of nitrogens with zero attached hydrogens (tertiary/aromatic N) is 1. The molecule has 0 aliphatic rings. The first-order chi connectivity index (χ1) is 16.2. The third kappa shape index (κ3) is 6.71. The number of alkyl halides is 3. The molecule has 1 amide bonds. The van der Waals surface area contributed by atoms with Gasteiger partial charge < -0.3 is 9.47 Å². The summed E-state index contributed by atoms with van der Waals surface area (Å²) in [6.45, 7) is 2.21. The van der Waals surface area contributed by atoms with Crippen LogP contribution >= 0.6 is 11.6 Å². The molecule has 0 unspecified atom stereocenters. The molecule has 0 saturated carbocycles. The number of nitrogens with one attached hydrogen (secondary N) is 1. The van der Waals surface area contributed by atoms with Crippen molar-refractivity contribution in [3.63, 3.8) is 0 Å². The van der Waals surface area contributed by atoms with Crippen LogP contribution in [0.25, 0.3) is 0 Å². The van der Waals surface area contributed by atoms with Gasteiger partial charge in [-0.3, -0.25) is 4.79 Å². The van der Waals surface area contributed by atoms with Gasteiger partial charge in [0.2, 0.25) is 0 Å². The molecule has 0 aliphatic heterocycles. The number of ether oxygens (including phenoxy) is 2. The fourth-order valence-electron chi connectivity index (χ4n) is 2.87. The van der Waals surface area contributed by atoms with Crippen molar-refractivity contribution >= 4 is 23.7 Å². The minimum Gasteiger partial charge on any atom is -0.490 e. The van der Waals surface area contributed by atoms with E-state index in [1.807, 2.05) is 0 Å². The molecular formula is C24H19ClF4N2O3. The maximum atomic E-state index is 13.1. The van der Waals surface area contributed by atoms with Gasteiger partial charge in [0.1, 0.15) is 12.4 Å². The van der Waals surface area contributed by atoms with Gasteiger partial charge in [0.15, 0.2) is 11.5 Å². The molecule has 0 saturated heterocycles. The van der Waals surface area contributed by atoms with E-state index < -0.39 is 17.6 Å². The minimum absolute atomic E-state index is 0.126. The van der Waals surface area contributed by atoms with E-state index in [0.717, 1.165) is 23.8 Å². The summed E-state index contributed by atoms with van der Waals surface area (Å²) in [6, 6.07) is 12.9. The minimum atomic E-state index is -4.56. The van der Waals surface area contributed by atoms with E-state index in [0.29, 0.717) is 17.9 Å². The van der Waals surface area contributed by atoms with Gasteiger partial charge >= 0.3 is 6.18 Å². The van der Waals surface area contributed by atoms with Crippen LogP contribution in [0.15, 0.2) is 65.8 Å². The number of hydrogen-bond donors (Lipinski definition) is 1. The average molecular weight is 495 g/mol. The van der Waals surface area contributed by atoms with Crippen LogP contribution in [-0.4, -0.2) is 18.7 Å². The lowest BCUT2D eigenvalue weighted by atomic mass is 10.1. The highest BCUT2D eigenvalue weighted by atomic mass is 35.5. The zero-order valence-corrected chi connectivity index (χ0v) is 18.6. The summed E-state index contributed by atoms with van der Waals surface area (Å²) in [7, 11) is 0. The Balaban J connectivity index is 1.72. The van der Waals surface area contributed by atoms with E-state index in [1.165, 1.54) is 30.5 Å². The van der Waals surface area contributed by atoms with Crippen LogP contribution in [-0.2, 0) is 12.8 Å². The number of amides is 1. The molecule has 1 N–H and O–H groups in total. The Morgan fingerprint density at radius 1 is 1.09 bits per heavy atom. The number of hydrogen-bond acceptors (Lipinski definition) is 4. The third-order valence-corrected chi connectivity index (χ3v) is 4.74. The Labute approximate surface area is 198 Å². The van der Waals surface area contributed by atoms with Crippen LogP contribution < -0.4 is 14.9 Å². The summed E-state index contributed by atoms with van der Waals surface area (Å²) in [6.07, 6.45) is -3.30. The summed E-state index contributed by atoms with van der Waals surface area (Å²) in [5.74, 6) is -0.570. The molecule has 3 aromatic rings. The Bertz CT molecular complexity index is 1180. The van der Waals surface area contributed by atoms with Gasteiger partial charge in [0.05, 0.1) is 23.4 Å². The maximum Gasteiger partial charge on any atom is 0.416 e.